The molecule has 0 saturated heterocycles. The minimum atomic E-state index is -3.70. The monoisotopic (exact) mass is 383 g/mol. The van der Waals surface area contributed by atoms with Gasteiger partial charge in [-0.15, -0.1) is 0 Å². The highest BCUT2D eigenvalue weighted by molar-refractivity contribution is 9.10. The van der Waals surface area contributed by atoms with Gasteiger partial charge in [0.1, 0.15) is 0 Å². The smallest absolute Gasteiger partial charge is 0.241 e. The number of halogens is 1. The molecule has 116 valence electrons. The molecule has 0 aliphatic rings. The molecule has 8 heteroatoms. The molecule has 0 aliphatic heterocycles. The third-order valence-corrected chi connectivity index (χ3v) is 4.69. The first-order valence-electron chi connectivity index (χ1n) is 6.39. The molecule has 22 heavy (non-hydrogen) atoms. The van der Waals surface area contributed by atoms with E-state index < -0.39 is 15.9 Å². The summed E-state index contributed by atoms with van der Waals surface area (Å²) in [6, 6.07) is 11.5. The first-order chi connectivity index (χ1) is 10.5. The number of carbonyl (C=O) groups is 1. The van der Waals surface area contributed by atoms with Crippen molar-refractivity contribution in [3.63, 3.8) is 0 Å². The van der Waals surface area contributed by atoms with Crippen LogP contribution in [0, 0.1) is 0 Å². The Bertz CT molecular complexity index is 734. The third-order valence-electron chi connectivity index (χ3n) is 2.74. The maximum Gasteiger partial charge on any atom is 0.241 e. The molecule has 1 heterocycles. The number of hydrogen-bond donors (Lipinski definition) is 2. The van der Waals surface area contributed by atoms with Crippen LogP contribution in [0.15, 0.2) is 58.0 Å². The van der Waals surface area contributed by atoms with E-state index in [1.165, 1.54) is 12.1 Å². The van der Waals surface area contributed by atoms with Crippen molar-refractivity contribution in [1.29, 1.82) is 0 Å². The number of nitrogens with zero attached hydrogens (tertiary/aromatic N) is 1. The van der Waals surface area contributed by atoms with Crippen molar-refractivity contribution in [2.24, 2.45) is 0 Å². The van der Waals surface area contributed by atoms with E-state index in [0.717, 1.165) is 4.47 Å². The Labute approximate surface area is 137 Å². The summed E-state index contributed by atoms with van der Waals surface area (Å²) >= 11 is 3.23. The number of aromatic nitrogens is 1. The first-order valence-corrected chi connectivity index (χ1v) is 8.67. The van der Waals surface area contributed by atoms with Gasteiger partial charge in [0.15, 0.2) is 0 Å². The molecule has 1 aromatic heterocycles. The van der Waals surface area contributed by atoms with E-state index in [9.17, 15) is 13.2 Å². The quantitative estimate of drug-likeness (QED) is 0.789. The number of carbonyl (C=O) groups excluding carboxylic acids is 1. The molecule has 2 N–H and O–H groups in total. The highest BCUT2D eigenvalue weighted by Gasteiger charge is 2.15. The largest absolute Gasteiger partial charge is 0.349 e. The van der Waals surface area contributed by atoms with Gasteiger partial charge in [-0.2, -0.15) is 0 Å². The van der Waals surface area contributed by atoms with Crippen molar-refractivity contribution in [2.45, 2.75) is 11.4 Å². The Morgan fingerprint density at radius 2 is 1.86 bits per heavy atom. The van der Waals surface area contributed by atoms with Crippen LogP contribution >= 0.6 is 15.9 Å². The SMILES string of the molecule is O=C(CNS(=O)(=O)c1ccc(Br)cc1)NCc1ccccn1. The lowest BCUT2D eigenvalue weighted by molar-refractivity contribution is -0.120. The van der Waals surface area contributed by atoms with Gasteiger partial charge < -0.3 is 5.32 Å². The van der Waals surface area contributed by atoms with E-state index in [1.54, 1.807) is 30.5 Å². The van der Waals surface area contributed by atoms with Crippen LogP contribution in [-0.2, 0) is 21.4 Å². The zero-order chi connectivity index (χ0) is 16.0. The average molecular weight is 384 g/mol. The number of rotatable bonds is 6. The van der Waals surface area contributed by atoms with Gasteiger partial charge in [-0.25, -0.2) is 13.1 Å². The maximum absolute atomic E-state index is 12.0. The van der Waals surface area contributed by atoms with Crippen molar-refractivity contribution >= 4 is 31.9 Å². The highest BCUT2D eigenvalue weighted by atomic mass is 79.9. The Morgan fingerprint density at radius 3 is 2.50 bits per heavy atom. The fourth-order valence-electron chi connectivity index (χ4n) is 1.61. The van der Waals surface area contributed by atoms with Crippen molar-refractivity contribution in [1.82, 2.24) is 15.0 Å². The van der Waals surface area contributed by atoms with Crippen molar-refractivity contribution in [3.8, 4) is 0 Å². The van der Waals surface area contributed by atoms with Gasteiger partial charge in [0.25, 0.3) is 0 Å². The van der Waals surface area contributed by atoms with Gasteiger partial charge in [0.2, 0.25) is 15.9 Å². The van der Waals surface area contributed by atoms with E-state index in [0.29, 0.717) is 5.69 Å². The van der Waals surface area contributed by atoms with E-state index in [1.807, 2.05) is 6.07 Å². The van der Waals surface area contributed by atoms with Gasteiger partial charge in [-0.1, -0.05) is 22.0 Å². The first kappa shape index (κ1) is 16.6. The Kier molecular flexibility index (Phi) is 5.64. The number of benzene rings is 1. The Hall–Kier alpha value is -1.77. The Morgan fingerprint density at radius 1 is 1.14 bits per heavy atom. The number of amides is 1. The van der Waals surface area contributed by atoms with Crippen LogP contribution in [0.4, 0.5) is 0 Å². The van der Waals surface area contributed by atoms with Gasteiger partial charge in [0, 0.05) is 10.7 Å². The molecule has 6 nitrogen and oxygen atoms in total. The predicted octanol–water partition coefficient (Wildman–Crippen LogP) is 1.44. The van der Waals surface area contributed by atoms with Crippen LogP contribution in [0.2, 0.25) is 0 Å². The van der Waals surface area contributed by atoms with Gasteiger partial charge >= 0.3 is 0 Å². The summed E-state index contributed by atoms with van der Waals surface area (Å²) in [6.07, 6.45) is 1.62. The van der Waals surface area contributed by atoms with Gasteiger partial charge in [-0.05, 0) is 36.4 Å². The second-order valence-electron chi connectivity index (χ2n) is 4.38. The summed E-state index contributed by atoms with van der Waals surface area (Å²) in [6.45, 7) is -0.0785. The zero-order valence-corrected chi connectivity index (χ0v) is 13.9. The van der Waals surface area contributed by atoms with Crippen LogP contribution in [0.1, 0.15) is 5.69 Å². The van der Waals surface area contributed by atoms with Crippen LogP contribution < -0.4 is 10.0 Å². The fourth-order valence-corrected chi connectivity index (χ4v) is 2.86. The van der Waals surface area contributed by atoms with Crippen LogP contribution in [-0.4, -0.2) is 25.9 Å². The molecule has 1 aromatic carbocycles. The summed E-state index contributed by atoms with van der Waals surface area (Å²) in [5.74, 6) is -0.425. The number of nitrogens with one attached hydrogen (secondary N) is 2. The minimum absolute atomic E-state index is 0.105. The number of pyridine rings is 1. The molecule has 0 atom stereocenters. The summed E-state index contributed by atoms with van der Waals surface area (Å²) in [7, 11) is -3.70. The highest BCUT2D eigenvalue weighted by Crippen LogP contribution is 2.14. The standard InChI is InChI=1S/C14H14BrN3O3S/c15-11-4-6-13(7-5-11)22(20,21)18-10-14(19)17-9-12-3-1-2-8-16-12/h1-8,18H,9-10H2,(H,17,19). The molecular formula is C14H14BrN3O3S. The summed E-state index contributed by atoms with van der Waals surface area (Å²) in [5, 5.41) is 2.60. The van der Waals surface area contributed by atoms with Gasteiger partial charge in [0.05, 0.1) is 23.7 Å². The lowest BCUT2D eigenvalue weighted by Gasteiger charge is -2.07. The molecule has 0 aliphatic carbocycles. The van der Waals surface area contributed by atoms with E-state index >= 15 is 0 Å². The van der Waals surface area contributed by atoms with Crippen molar-refractivity contribution < 1.29 is 13.2 Å². The summed E-state index contributed by atoms with van der Waals surface area (Å²) in [4.78, 5) is 15.8. The molecule has 0 radical (unpaired) electrons. The molecule has 0 fully saturated rings. The molecule has 0 unspecified atom stereocenters. The molecule has 0 saturated carbocycles. The van der Waals surface area contributed by atoms with Crippen LogP contribution in [0.25, 0.3) is 0 Å². The minimum Gasteiger partial charge on any atom is -0.349 e. The fraction of sp³-hybridized carbons (Fsp3) is 0.143. The summed E-state index contributed by atoms with van der Waals surface area (Å²) in [5.41, 5.74) is 0.701. The van der Waals surface area contributed by atoms with Crippen molar-refractivity contribution in [2.75, 3.05) is 6.54 Å². The third kappa shape index (κ3) is 4.90. The zero-order valence-electron chi connectivity index (χ0n) is 11.5. The molecule has 2 rings (SSSR count). The molecular weight excluding hydrogens is 370 g/mol. The second-order valence-corrected chi connectivity index (χ2v) is 7.06. The van der Waals surface area contributed by atoms with E-state index in [2.05, 4.69) is 31.0 Å². The average Bonchev–Trinajstić information content (AvgIpc) is 2.52. The Balaban J connectivity index is 1.86. The van der Waals surface area contributed by atoms with Crippen LogP contribution in [0.3, 0.4) is 0 Å². The van der Waals surface area contributed by atoms with E-state index in [-0.39, 0.29) is 18.0 Å². The summed E-state index contributed by atoms with van der Waals surface area (Å²) < 4.78 is 27.0. The molecule has 0 spiro atoms. The maximum atomic E-state index is 12.0. The number of sulfonamides is 1. The van der Waals surface area contributed by atoms with Gasteiger partial charge in [-0.3, -0.25) is 9.78 Å². The molecule has 2 aromatic rings. The van der Waals surface area contributed by atoms with Crippen LogP contribution in [0.5, 0.6) is 0 Å². The lowest BCUT2D eigenvalue weighted by atomic mass is 10.3. The predicted molar refractivity (Wildman–Crippen MR) is 85.4 cm³/mol. The normalized spacial score (nSPS) is 11.1. The molecule has 0 bridgehead atoms. The van der Waals surface area contributed by atoms with E-state index in [4.69, 9.17) is 0 Å². The second kappa shape index (κ2) is 7.48. The van der Waals surface area contributed by atoms with Crippen molar-refractivity contribution in [3.05, 3.63) is 58.8 Å². The lowest BCUT2D eigenvalue weighted by Crippen LogP contribution is -2.36. The topological polar surface area (TPSA) is 88.2 Å². The number of hydrogen-bond acceptors (Lipinski definition) is 4. The molecule has 1 amide bonds.